The molecular weight excluding hydrogens is 329 g/mol. The molecule has 0 atom stereocenters. The van der Waals surface area contributed by atoms with Gasteiger partial charge in [-0.3, -0.25) is 24.8 Å². The van der Waals surface area contributed by atoms with Crippen LogP contribution in [0, 0.1) is 15.9 Å². The summed E-state index contributed by atoms with van der Waals surface area (Å²) in [5.41, 5.74) is 0.125. The smallest absolute Gasteiger partial charge is 0.276 e. The molecule has 8 nitrogen and oxygen atoms in total. The standard InChI is InChI=1S/C16H16FN5O3/c17-13-2-1-3-15(22(24)25)12(13)11-20-6-8-21(9-7-20)16(23)14-10-18-4-5-19-14/h1-5,10H,6-9,11H2. The van der Waals surface area contributed by atoms with Crippen molar-refractivity contribution in [1.82, 2.24) is 19.8 Å². The number of benzene rings is 1. The lowest BCUT2D eigenvalue weighted by Crippen LogP contribution is -2.48. The predicted octanol–water partition coefficient (Wildman–Crippen LogP) is 1.48. The van der Waals surface area contributed by atoms with Gasteiger partial charge in [0.1, 0.15) is 11.5 Å². The maximum absolute atomic E-state index is 14.0. The molecule has 1 amide bonds. The summed E-state index contributed by atoms with van der Waals surface area (Å²) in [4.78, 5) is 34.2. The highest BCUT2D eigenvalue weighted by molar-refractivity contribution is 5.92. The number of carbonyl (C=O) groups excluding carboxylic acids is 1. The quantitative estimate of drug-likeness (QED) is 0.616. The van der Waals surface area contributed by atoms with Crippen LogP contribution in [0.3, 0.4) is 0 Å². The van der Waals surface area contributed by atoms with Gasteiger partial charge in [-0.25, -0.2) is 9.37 Å². The number of rotatable bonds is 4. The summed E-state index contributed by atoms with van der Waals surface area (Å²) in [5, 5.41) is 11.1. The lowest BCUT2D eigenvalue weighted by atomic mass is 10.1. The number of halogens is 1. The van der Waals surface area contributed by atoms with Crippen LogP contribution in [-0.2, 0) is 6.54 Å². The van der Waals surface area contributed by atoms with Gasteiger partial charge in [-0.15, -0.1) is 0 Å². The first-order chi connectivity index (χ1) is 12.1. The zero-order chi connectivity index (χ0) is 17.8. The molecule has 2 aromatic rings. The van der Waals surface area contributed by atoms with Crippen molar-refractivity contribution in [2.24, 2.45) is 0 Å². The maximum atomic E-state index is 14.0. The molecule has 0 radical (unpaired) electrons. The second kappa shape index (κ2) is 7.31. The maximum Gasteiger partial charge on any atom is 0.276 e. The number of nitro groups is 1. The highest BCUT2D eigenvalue weighted by Gasteiger charge is 2.26. The summed E-state index contributed by atoms with van der Waals surface area (Å²) in [5.74, 6) is -0.795. The first kappa shape index (κ1) is 16.9. The molecule has 2 heterocycles. The Labute approximate surface area is 143 Å². The van der Waals surface area contributed by atoms with E-state index in [1.165, 1.54) is 36.8 Å². The van der Waals surface area contributed by atoms with Crippen LogP contribution in [-0.4, -0.2) is 56.8 Å². The topological polar surface area (TPSA) is 92.5 Å². The number of aromatic nitrogens is 2. The van der Waals surface area contributed by atoms with Crippen LogP contribution < -0.4 is 0 Å². The minimum atomic E-state index is -0.590. The molecular formula is C16H16FN5O3. The number of amides is 1. The molecule has 1 saturated heterocycles. The van der Waals surface area contributed by atoms with E-state index in [2.05, 4.69) is 9.97 Å². The second-order valence-electron chi connectivity index (χ2n) is 5.65. The van der Waals surface area contributed by atoms with Crippen LogP contribution in [0.5, 0.6) is 0 Å². The van der Waals surface area contributed by atoms with Crippen molar-refractivity contribution in [3.05, 3.63) is 64.0 Å². The minimum Gasteiger partial charge on any atom is -0.335 e. The molecule has 1 aromatic heterocycles. The summed E-state index contributed by atoms with van der Waals surface area (Å²) in [7, 11) is 0. The SMILES string of the molecule is O=C(c1cnccn1)N1CCN(Cc2c(F)cccc2[N+](=O)[O-])CC1. The Bertz CT molecular complexity index is 779. The van der Waals surface area contributed by atoms with Crippen molar-refractivity contribution in [1.29, 1.82) is 0 Å². The Hall–Kier alpha value is -2.94. The van der Waals surface area contributed by atoms with E-state index >= 15 is 0 Å². The molecule has 25 heavy (non-hydrogen) atoms. The minimum absolute atomic E-state index is 0.0706. The molecule has 1 aliphatic rings. The molecule has 1 fully saturated rings. The van der Waals surface area contributed by atoms with Crippen LogP contribution in [0.15, 0.2) is 36.8 Å². The molecule has 0 saturated carbocycles. The zero-order valence-corrected chi connectivity index (χ0v) is 13.3. The van der Waals surface area contributed by atoms with Gasteiger partial charge in [0.25, 0.3) is 11.6 Å². The summed E-state index contributed by atoms with van der Waals surface area (Å²) in [6.07, 6.45) is 4.37. The van der Waals surface area contributed by atoms with Crippen LogP contribution in [0.2, 0.25) is 0 Å². The largest absolute Gasteiger partial charge is 0.335 e. The van der Waals surface area contributed by atoms with Crippen LogP contribution in [0.1, 0.15) is 16.1 Å². The van der Waals surface area contributed by atoms with E-state index in [0.717, 1.165) is 0 Å². The Morgan fingerprint density at radius 3 is 2.64 bits per heavy atom. The van der Waals surface area contributed by atoms with Gasteiger partial charge in [0.05, 0.1) is 16.7 Å². The monoisotopic (exact) mass is 345 g/mol. The number of nitrogens with zero attached hydrogens (tertiary/aromatic N) is 5. The van der Waals surface area contributed by atoms with Gasteiger partial charge in [0, 0.05) is 51.2 Å². The van der Waals surface area contributed by atoms with Crippen LogP contribution in [0.25, 0.3) is 0 Å². The van der Waals surface area contributed by atoms with Gasteiger partial charge in [-0.1, -0.05) is 6.07 Å². The van der Waals surface area contributed by atoms with Crippen molar-refractivity contribution >= 4 is 11.6 Å². The fourth-order valence-electron chi connectivity index (χ4n) is 2.78. The fourth-order valence-corrected chi connectivity index (χ4v) is 2.78. The Morgan fingerprint density at radius 2 is 2.00 bits per heavy atom. The van der Waals surface area contributed by atoms with Gasteiger partial charge in [0.2, 0.25) is 0 Å². The van der Waals surface area contributed by atoms with Crippen LogP contribution in [0.4, 0.5) is 10.1 Å². The number of hydrogen-bond acceptors (Lipinski definition) is 6. The van der Waals surface area contributed by atoms with E-state index in [4.69, 9.17) is 0 Å². The number of piperazine rings is 1. The third-order valence-corrected chi connectivity index (χ3v) is 4.11. The highest BCUT2D eigenvalue weighted by atomic mass is 19.1. The third-order valence-electron chi connectivity index (χ3n) is 4.11. The molecule has 130 valence electrons. The van der Waals surface area contributed by atoms with Gasteiger partial charge < -0.3 is 4.90 Å². The van der Waals surface area contributed by atoms with Crippen molar-refractivity contribution in [2.75, 3.05) is 26.2 Å². The Morgan fingerprint density at radius 1 is 1.24 bits per heavy atom. The van der Waals surface area contributed by atoms with Crippen LogP contribution >= 0.6 is 0 Å². The first-order valence-corrected chi connectivity index (χ1v) is 7.75. The Kier molecular flexibility index (Phi) is 4.94. The predicted molar refractivity (Wildman–Crippen MR) is 86.3 cm³/mol. The lowest BCUT2D eigenvalue weighted by molar-refractivity contribution is -0.386. The average Bonchev–Trinajstić information content (AvgIpc) is 2.64. The highest BCUT2D eigenvalue weighted by Crippen LogP contribution is 2.23. The third kappa shape index (κ3) is 3.77. The molecule has 0 bridgehead atoms. The second-order valence-corrected chi connectivity index (χ2v) is 5.65. The summed E-state index contributed by atoms with van der Waals surface area (Å²) >= 11 is 0. The summed E-state index contributed by atoms with van der Waals surface area (Å²) < 4.78 is 14.0. The lowest BCUT2D eigenvalue weighted by Gasteiger charge is -2.34. The number of hydrogen-bond donors (Lipinski definition) is 0. The van der Waals surface area contributed by atoms with Crippen molar-refractivity contribution < 1.29 is 14.1 Å². The molecule has 0 N–H and O–H groups in total. The molecule has 0 spiro atoms. The van der Waals surface area contributed by atoms with E-state index in [1.807, 2.05) is 4.90 Å². The molecule has 9 heteroatoms. The summed E-state index contributed by atoms with van der Waals surface area (Å²) in [6, 6.07) is 3.84. The number of nitro benzene ring substituents is 1. The van der Waals surface area contributed by atoms with Gasteiger partial charge >= 0.3 is 0 Å². The average molecular weight is 345 g/mol. The van der Waals surface area contributed by atoms with E-state index in [9.17, 15) is 19.3 Å². The first-order valence-electron chi connectivity index (χ1n) is 7.75. The van der Waals surface area contributed by atoms with Gasteiger partial charge in [-0.2, -0.15) is 0 Å². The fraction of sp³-hybridized carbons (Fsp3) is 0.312. The summed E-state index contributed by atoms with van der Waals surface area (Å²) in [6.45, 7) is 2.01. The normalized spacial score (nSPS) is 15.2. The van der Waals surface area contributed by atoms with Crippen molar-refractivity contribution in [3.8, 4) is 0 Å². The van der Waals surface area contributed by atoms with Crippen molar-refractivity contribution in [3.63, 3.8) is 0 Å². The molecule has 3 rings (SSSR count). The van der Waals surface area contributed by atoms with E-state index in [-0.39, 0.29) is 29.4 Å². The molecule has 1 aliphatic heterocycles. The molecule has 0 aliphatic carbocycles. The molecule has 0 unspecified atom stereocenters. The molecule has 1 aromatic carbocycles. The van der Waals surface area contributed by atoms with E-state index in [0.29, 0.717) is 26.2 Å². The number of carbonyl (C=O) groups is 1. The van der Waals surface area contributed by atoms with E-state index < -0.39 is 10.7 Å². The van der Waals surface area contributed by atoms with E-state index in [1.54, 1.807) is 4.90 Å². The van der Waals surface area contributed by atoms with Gasteiger partial charge in [0.15, 0.2) is 0 Å². The van der Waals surface area contributed by atoms with Gasteiger partial charge in [-0.05, 0) is 6.07 Å². The zero-order valence-electron chi connectivity index (χ0n) is 13.3. The Balaban J connectivity index is 1.64. The van der Waals surface area contributed by atoms with Crippen molar-refractivity contribution in [2.45, 2.75) is 6.54 Å².